The van der Waals surface area contributed by atoms with Crippen LogP contribution in [0.2, 0.25) is 0 Å². The van der Waals surface area contributed by atoms with Crippen LogP contribution >= 0.6 is 0 Å². The van der Waals surface area contributed by atoms with Crippen LogP contribution in [0.3, 0.4) is 0 Å². The van der Waals surface area contributed by atoms with Crippen LogP contribution in [0.5, 0.6) is 0 Å². The van der Waals surface area contributed by atoms with E-state index in [0.717, 1.165) is 18.2 Å². The van der Waals surface area contributed by atoms with Gasteiger partial charge >= 0.3 is 12.4 Å². The van der Waals surface area contributed by atoms with Gasteiger partial charge in [0.05, 0.1) is 29.0 Å². The Morgan fingerprint density at radius 2 is 1.52 bits per heavy atom. The Labute approximate surface area is 227 Å². The van der Waals surface area contributed by atoms with Gasteiger partial charge in [0.2, 0.25) is 5.95 Å². The summed E-state index contributed by atoms with van der Waals surface area (Å²) in [5, 5.41) is 3.14. The molecule has 214 valence electrons. The van der Waals surface area contributed by atoms with Gasteiger partial charge in [-0.05, 0) is 56.7 Å². The van der Waals surface area contributed by atoms with Gasteiger partial charge in [-0.15, -0.1) is 0 Å². The summed E-state index contributed by atoms with van der Waals surface area (Å²) in [5.74, 6) is 0.687. The Kier molecular flexibility index (Phi) is 7.51. The largest absolute Gasteiger partial charge is 0.419 e. The van der Waals surface area contributed by atoms with Gasteiger partial charge in [-0.25, -0.2) is 9.97 Å². The summed E-state index contributed by atoms with van der Waals surface area (Å²) in [6, 6.07) is 6.88. The first kappa shape index (κ1) is 27.9. The molecule has 5 rings (SSSR count). The number of benzene rings is 1. The fourth-order valence-electron chi connectivity index (χ4n) is 5.13. The van der Waals surface area contributed by atoms with Crippen LogP contribution in [-0.4, -0.2) is 53.3 Å². The van der Waals surface area contributed by atoms with E-state index in [2.05, 4.69) is 10.3 Å². The van der Waals surface area contributed by atoms with E-state index in [9.17, 15) is 26.3 Å². The van der Waals surface area contributed by atoms with Gasteiger partial charge in [-0.3, -0.25) is 0 Å². The summed E-state index contributed by atoms with van der Waals surface area (Å²) >= 11 is 0. The third-order valence-electron chi connectivity index (χ3n) is 6.90. The molecule has 0 spiro atoms. The smallest absolute Gasteiger partial charge is 0.372 e. The molecule has 7 nitrogen and oxygen atoms in total. The van der Waals surface area contributed by atoms with Gasteiger partial charge in [0.25, 0.3) is 0 Å². The first-order valence-corrected chi connectivity index (χ1v) is 12.9. The van der Waals surface area contributed by atoms with Crippen molar-refractivity contribution in [1.29, 1.82) is 0 Å². The van der Waals surface area contributed by atoms with Crippen molar-refractivity contribution in [3.63, 3.8) is 0 Å². The van der Waals surface area contributed by atoms with Gasteiger partial charge in [-0.2, -0.15) is 31.3 Å². The summed E-state index contributed by atoms with van der Waals surface area (Å²) in [6.45, 7) is 5.44. The second-order valence-corrected chi connectivity index (χ2v) is 10.0. The maximum Gasteiger partial charge on any atom is 0.419 e. The number of hydrogen-bond acceptors (Lipinski definition) is 7. The highest BCUT2D eigenvalue weighted by atomic mass is 19.4. The number of halogens is 6. The lowest BCUT2D eigenvalue weighted by Crippen LogP contribution is -2.46. The Hall–Kier alpha value is -3.61. The van der Waals surface area contributed by atoms with Gasteiger partial charge < -0.3 is 19.9 Å². The number of rotatable bonds is 4. The lowest BCUT2D eigenvalue weighted by atomic mass is 10.1. The Morgan fingerprint density at radius 1 is 0.850 bits per heavy atom. The van der Waals surface area contributed by atoms with E-state index < -0.39 is 23.5 Å². The molecular formula is C27H28F6N6O. The zero-order valence-corrected chi connectivity index (χ0v) is 21.9. The van der Waals surface area contributed by atoms with Gasteiger partial charge in [0.15, 0.2) is 0 Å². The topological polar surface area (TPSA) is 66.4 Å². The molecule has 1 N–H and O–H groups in total. The SMILES string of the molecule is CC1CN(c2nc3c(c(Nc4ccc(C(F)(F)F)cc4)n2)CCN(c2ncccc2C(F)(F)F)CC3)CC(C)O1. The van der Waals surface area contributed by atoms with E-state index >= 15 is 0 Å². The molecule has 2 atom stereocenters. The molecule has 2 aliphatic heterocycles. The van der Waals surface area contributed by atoms with E-state index in [1.165, 1.54) is 24.4 Å². The molecule has 1 aromatic carbocycles. The van der Waals surface area contributed by atoms with Crippen LogP contribution in [0, 0.1) is 0 Å². The average molecular weight is 567 g/mol. The van der Waals surface area contributed by atoms with Crippen LogP contribution in [-0.2, 0) is 29.9 Å². The summed E-state index contributed by atoms with van der Waals surface area (Å²) in [5.41, 5.74) is 0.173. The normalized spacial score (nSPS) is 20.2. The number of aromatic nitrogens is 3. The number of ether oxygens (including phenoxy) is 1. The maximum absolute atomic E-state index is 13.7. The molecule has 2 aromatic heterocycles. The van der Waals surface area contributed by atoms with Crippen molar-refractivity contribution < 1.29 is 31.1 Å². The van der Waals surface area contributed by atoms with Crippen molar-refractivity contribution in [2.24, 2.45) is 0 Å². The fraction of sp³-hybridized carbons (Fsp3) is 0.444. The van der Waals surface area contributed by atoms with Crippen molar-refractivity contribution in [1.82, 2.24) is 15.0 Å². The van der Waals surface area contributed by atoms with Gasteiger partial charge in [-0.1, -0.05) is 0 Å². The van der Waals surface area contributed by atoms with E-state index in [1.54, 1.807) is 4.90 Å². The monoisotopic (exact) mass is 566 g/mol. The van der Waals surface area contributed by atoms with Crippen molar-refractivity contribution in [3.05, 3.63) is 65.0 Å². The second-order valence-electron chi connectivity index (χ2n) is 10.0. The molecule has 3 aromatic rings. The summed E-state index contributed by atoms with van der Waals surface area (Å²) in [4.78, 5) is 17.2. The highest BCUT2D eigenvalue weighted by Crippen LogP contribution is 2.37. The standard InChI is InChI=1S/C27H28F6N6O/c1-16-14-39(15-17(2)40-16)25-36-22-10-13-38(24-21(27(31,32)33)4-3-11-34-24)12-9-20(22)23(37-25)35-19-7-5-18(6-8-19)26(28,29)30/h3-8,11,16-17H,9-10,12-15H2,1-2H3,(H,35,36,37). The predicted molar refractivity (Wildman–Crippen MR) is 138 cm³/mol. The predicted octanol–water partition coefficient (Wildman–Crippen LogP) is 5.87. The number of anilines is 4. The first-order valence-electron chi connectivity index (χ1n) is 12.9. The third kappa shape index (κ3) is 6.08. The first-order chi connectivity index (χ1) is 18.9. The molecule has 4 heterocycles. The third-order valence-corrected chi connectivity index (χ3v) is 6.90. The maximum atomic E-state index is 13.7. The quantitative estimate of drug-likeness (QED) is 0.396. The fourth-order valence-corrected chi connectivity index (χ4v) is 5.13. The highest BCUT2D eigenvalue weighted by Gasteiger charge is 2.36. The Balaban J connectivity index is 1.50. The zero-order valence-electron chi connectivity index (χ0n) is 21.9. The average Bonchev–Trinajstić information content (AvgIpc) is 3.10. The second kappa shape index (κ2) is 10.8. The number of fused-ring (bicyclic) bond motifs is 1. The Bertz CT molecular complexity index is 1340. The lowest BCUT2D eigenvalue weighted by Gasteiger charge is -2.35. The van der Waals surface area contributed by atoms with Crippen LogP contribution < -0.4 is 15.1 Å². The highest BCUT2D eigenvalue weighted by molar-refractivity contribution is 5.63. The van der Waals surface area contributed by atoms with E-state index in [0.29, 0.717) is 54.6 Å². The van der Waals surface area contributed by atoms with Crippen molar-refractivity contribution in [2.45, 2.75) is 51.2 Å². The Morgan fingerprint density at radius 3 is 2.17 bits per heavy atom. The minimum Gasteiger partial charge on any atom is -0.372 e. The molecule has 0 aliphatic carbocycles. The lowest BCUT2D eigenvalue weighted by molar-refractivity contribution is -0.138. The summed E-state index contributed by atoms with van der Waals surface area (Å²) in [7, 11) is 0. The van der Waals surface area contributed by atoms with Crippen molar-refractivity contribution >= 4 is 23.3 Å². The van der Waals surface area contributed by atoms with E-state index in [4.69, 9.17) is 14.7 Å². The van der Waals surface area contributed by atoms with Crippen molar-refractivity contribution in [3.8, 4) is 0 Å². The number of alkyl halides is 6. The summed E-state index contributed by atoms with van der Waals surface area (Å²) in [6.07, 6.45) is -7.20. The van der Waals surface area contributed by atoms with Crippen LogP contribution in [0.1, 0.15) is 36.2 Å². The molecule has 0 amide bonds. The molecule has 2 aliphatic rings. The minimum absolute atomic E-state index is 0.0714. The molecule has 40 heavy (non-hydrogen) atoms. The molecule has 1 saturated heterocycles. The van der Waals surface area contributed by atoms with E-state index in [-0.39, 0.29) is 31.1 Å². The van der Waals surface area contributed by atoms with Crippen LogP contribution in [0.15, 0.2) is 42.6 Å². The molecule has 0 radical (unpaired) electrons. The van der Waals surface area contributed by atoms with E-state index in [1.807, 2.05) is 18.7 Å². The van der Waals surface area contributed by atoms with Gasteiger partial charge in [0.1, 0.15) is 11.6 Å². The van der Waals surface area contributed by atoms with Gasteiger partial charge in [0, 0.05) is 50.0 Å². The molecule has 13 heteroatoms. The minimum atomic E-state index is -4.56. The molecule has 0 bridgehead atoms. The number of pyridine rings is 1. The number of nitrogens with one attached hydrogen (secondary N) is 1. The number of morpholine rings is 1. The molecule has 0 saturated carbocycles. The van der Waals surface area contributed by atoms with Crippen LogP contribution in [0.25, 0.3) is 0 Å². The summed E-state index contributed by atoms with van der Waals surface area (Å²) < 4.78 is 86.2. The molecular weight excluding hydrogens is 538 g/mol. The number of nitrogens with zero attached hydrogens (tertiary/aromatic N) is 5. The number of hydrogen-bond donors (Lipinski definition) is 1. The molecule has 1 fully saturated rings. The van der Waals surface area contributed by atoms with Crippen molar-refractivity contribution in [2.75, 3.05) is 41.3 Å². The van der Waals surface area contributed by atoms with Crippen LogP contribution in [0.4, 0.5) is 49.6 Å². The molecule has 2 unspecified atom stereocenters. The zero-order chi connectivity index (χ0) is 28.7.